The van der Waals surface area contributed by atoms with Crippen LogP contribution in [0.5, 0.6) is 5.75 Å². The molecule has 0 unspecified atom stereocenters. The van der Waals surface area contributed by atoms with Crippen molar-refractivity contribution in [3.8, 4) is 5.75 Å². The summed E-state index contributed by atoms with van der Waals surface area (Å²) in [7, 11) is -2.29. The Bertz CT molecular complexity index is 500. The highest BCUT2D eigenvalue weighted by Gasteiger charge is 2.22. The Morgan fingerprint density at radius 1 is 1.50 bits per heavy atom. The van der Waals surface area contributed by atoms with Gasteiger partial charge in [0.15, 0.2) is 0 Å². The van der Waals surface area contributed by atoms with Crippen molar-refractivity contribution in [2.45, 2.75) is 24.3 Å². The SMILES string of the molecule is CC[C@@H](CO)NS(=O)(=O)c1ccc(Br)cc1OC. The molecule has 0 aliphatic heterocycles. The first-order valence-electron chi connectivity index (χ1n) is 5.41. The first-order chi connectivity index (χ1) is 8.44. The van der Waals surface area contributed by atoms with E-state index in [1.54, 1.807) is 19.1 Å². The van der Waals surface area contributed by atoms with Crippen LogP contribution in [0.25, 0.3) is 0 Å². The molecule has 1 atom stereocenters. The van der Waals surface area contributed by atoms with Crippen LogP contribution in [-0.4, -0.2) is 33.3 Å². The lowest BCUT2D eigenvalue weighted by Gasteiger charge is -2.16. The summed E-state index contributed by atoms with van der Waals surface area (Å²) in [5.74, 6) is 0.254. The van der Waals surface area contributed by atoms with Gasteiger partial charge in [0.2, 0.25) is 10.0 Å². The van der Waals surface area contributed by atoms with Crippen molar-refractivity contribution >= 4 is 26.0 Å². The Morgan fingerprint density at radius 2 is 2.17 bits per heavy atom. The molecule has 0 fully saturated rings. The number of aliphatic hydroxyl groups excluding tert-OH is 1. The quantitative estimate of drug-likeness (QED) is 0.824. The van der Waals surface area contributed by atoms with E-state index in [4.69, 9.17) is 9.84 Å². The molecule has 0 spiro atoms. The molecule has 1 rings (SSSR count). The molecule has 0 aliphatic rings. The summed E-state index contributed by atoms with van der Waals surface area (Å²) in [4.78, 5) is 0.0556. The number of benzene rings is 1. The monoisotopic (exact) mass is 337 g/mol. The molecule has 2 N–H and O–H groups in total. The summed E-state index contributed by atoms with van der Waals surface area (Å²) >= 11 is 3.25. The molecule has 0 heterocycles. The molecular weight excluding hydrogens is 322 g/mol. The van der Waals surface area contributed by atoms with Gasteiger partial charge in [-0.2, -0.15) is 0 Å². The average molecular weight is 338 g/mol. The molecule has 1 aromatic carbocycles. The fourth-order valence-electron chi connectivity index (χ4n) is 1.40. The number of ether oxygens (including phenoxy) is 1. The smallest absolute Gasteiger partial charge is 0.244 e. The van der Waals surface area contributed by atoms with E-state index in [2.05, 4.69) is 20.7 Å². The van der Waals surface area contributed by atoms with Gasteiger partial charge in [-0.15, -0.1) is 0 Å². The second kappa shape index (κ2) is 6.51. The van der Waals surface area contributed by atoms with Crippen LogP contribution >= 0.6 is 15.9 Å². The minimum absolute atomic E-state index is 0.0556. The lowest BCUT2D eigenvalue weighted by Crippen LogP contribution is -2.37. The van der Waals surface area contributed by atoms with Crippen LogP contribution in [0.2, 0.25) is 0 Å². The Labute approximate surface area is 115 Å². The van der Waals surface area contributed by atoms with Gasteiger partial charge in [-0.05, 0) is 24.6 Å². The number of hydrogen-bond donors (Lipinski definition) is 2. The van der Waals surface area contributed by atoms with Crippen LogP contribution in [0.4, 0.5) is 0 Å². The van der Waals surface area contributed by atoms with Gasteiger partial charge in [0, 0.05) is 10.5 Å². The van der Waals surface area contributed by atoms with E-state index >= 15 is 0 Å². The highest BCUT2D eigenvalue weighted by molar-refractivity contribution is 9.10. The molecular formula is C11H16BrNO4S. The number of rotatable bonds is 6. The number of sulfonamides is 1. The van der Waals surface area contributed by atoms with Crippen LogP contribution in [0.15, 0.2) is 27.6 Å². The molecule has 0 bridgehead atoms. The van der Waals surface area contributed by atoms with Gasteiger partial charge in [-0.1, -0.05) is 22.9 Å². The highest BCUT2D eigenvalue weighted by Crippen LogP contribution is 2.27. The van der Waals surface area contributed by atoms with Crippen LogP contribution in [0, 0.1) is 0 Å². The van der Waals surface area contributed by atoms with Gasteiger partial charge in [-0.3, -0.25) is 0 Å². The van der Waals surface area contributed by atoms with E-state index < -0.39 is 16.1 Å². The zero-order valence-electron chi connectivity index (χ0n) is 10.2. The molecule has 102 valence electrons. The van der Waals surface area contributed by atoms with Crippen molar-refractivity contribution in [3.05, 3.63) is 22.7 Å². The molecule has 0 saturated heterocycles. The molecule has 0 radical (unpaired) electrons. The van der Waals surface area contributed by atoms with Gasteiger partial charge in [0.25, 0.3) is 0 Å². The zero-order valence-corrected chi connectivity index (χ0v) is 12.6. The average Bonchev–Trinajstić information content (AvgIpc) is 2.35. The molecule has 7 heteroatoms. The first kappa shape index (κ1) is 15.4. The fourth-order valence-corrected chi connectivity index (χ4v) is 3.20. The minimum atomic E-state index is -3.70. The van der Waals surface area contributed by atoms with Crippen molar-refractivity contribution in [1.82, 2.24) is 4.72 Å². The van der Waals surface area contributed by atoms with Crippen molar-refractivity contribution < 1.29 is 18.3 Å². The van der Waals surface area contributed by atoms with Crippen LogP contribution in [0.1, 0.15) is 13.3 Å². The second-order valence-corrected chi connectivity index (χ2v) is 6.30. The predicted molar refractivity (Wildman–Crippen MR) is 72.2 cm³/mol. The summed E-state index contributed by atoms with van der Waals surface area (Å²) in [6.07, 6.45) is 0.509. The summed E-state index contributed by atoms with van der Waals surface area (Å²) in [6.45, 7) is 1.55. The lowest BCUT2D eigenvalue weighted by atomic mass is 10.3. The van der Waals surface area contributed by atoms with Gasteiger partial charge in [-0.25, -0.2) is 13.1 Å². The molecule has 0 aliphatic carbocycles. The molecule has 18 heavy (non-hydrogen) atoms. The van der Waals surface area contributed by atoms with Crippen molar-refractivity contribution in [1.29, 1.82) is 0 Å². The van der Waals surface area contributed by atoms with E-state index in [-0.39, 0.29) is 17.3 Å². The van der Waals surface area contributed by atoms with Crippen molar-refractivity contribution in [2.75, 3.05) is 13.7 Å². The number of halogens is 1. The highest BCUT2D eigenvalue weighted by atomic mass is 79.9. The molecule has 0 saturated carbocycles. The van der Waals surface area contributed by atoms with E-state index in [9.17, 15) is 8.42 Å². The maximum absolute atomic E-state index is 12.1. The Kier molecular flexibility index (Phi) is 5.58. The number of nitrogens with one attached hydrogen (secondary N) is 1. The third-order valence-corrected chi connectivity index (χ3v) is 4.50. The second-order valence-electron chi connectivity index (χ2n) is 3.70. The lowest BCUT2D eigenvalue weighted by molar-refractivity contribution is 0.253. The van der Waals surface area contributed by atoms with E-state index in [1.807, 2.05) is 0 Å². The largest absolute Gasteiger partial charge is 0.495 e. The third-order valence-electron chi connectivity index (χ3n) is 2.45. The summed E-state index contributed by atoms with van der Waals surface area (Å²) in [6, 6.07) is 4.16. The molecule has 1 aromatic rings. The predicted octanol–water partition coefficient (Wildman–Crippen LogP) is 1.51. The van der Waals surface area contributed by atoms with Gasteiger partial charge >= 0.3 is 0 Å². The molecule has 5 nitrogen and oxygen atoms in total. The standard InChI is InChI=1S/C11H16BrNO4S/c1-3-9(7-14)13-18(15,16)11-5-4-8(12)6-10(11)17-2/h4-6,9,13-14H,3,7H2,1-2H3/t9-/m0/s1. The Balaban J connectivity index is 3.12. The number of aliphatic hydroxyl groups is 1. The number of hydrogen-bond acceptors (Lipinski definition) is 4. The van der Waals surface area contributed by atoms with E-state index in [0.29, 0.717) is 6.42 Å². The first-order valence-corrected chi connectivity index (χ1v) is 7.69. The van der Waals surface area contributed by atoms with Gasteiger partial charge in [0.1, 0.15) is 10.6 Å². The van der Waals surface area contributed by atoms with Crippen molar-refractivity contribution in [3.63, 3.8) is 0 Å². The summed E-state index contributed by atoms with van der Waals surface area (Å²) in [5, 5.41) is 9.04. The van der Waals surface area contributed by atoms with Crippen LogP contribution in [-0.2, 0) is 10.0 Å². The van der Waals surface area contributed by atoms with E-state index in [1.165, 1.54) is 13.2 Å². The normalized spacial score (nSPS) is 13.3. The maximum Gasteiger partial charge on any atom is 0.244 e. The van der Waals surface area contributed by atoms with Crippen molar-refractivity contribution in [2.24, 2.45) is 0 Å². The Morgan fingerprint density at radius 3 is 2.67 bits per heavy atom. The Hall–Kier alpha value is -0.630. The number of methoxy groups -OCH3 is 1. The van der Waals surface area contributed by atoms with Crippen LogP contribution < -0.4 is 9.46 Å². The summed E-state index contributed by atoms with van der Waals surface area (Å²) in [5.41, 5.74) is 0. The minimum Gasteiger partial charge on any atom is -0.495 e. The summed E-state index contributed by atoms with van der Waals surface area (Å²) < 4.78 is 32.5. The van der Waals surface area contributed by atoms with E-state index in [0.717, 1.165) is 4.47 Å². The molecule has 0 aromatic heterocycles. The molecule has 0 amide bonds. The fraction of sp³-hybridized carbons (Fsp3) is 0.455. The zero-order chi connectivity index (χ0) is 13.8. The van der Waals surface area contributed by atoms with Gasteiger partial charge in [0.05, 0.1) is 13.7 Å². The van der Waals surface area contributed by atoms with Crippen LogP contribution in [0.3, 0.4) is 0 Å². The third kappa shape index (κ3) is 3.68. The van der Waals surface area contributed by atoms with Gasteiger partial charge < -0.3 is 9.84 Å². The maximum atomic E-state index is 12.1. The topological polar surface area (TPSA) is 75.6 Å².